The zero-order chi connectivity index (χ0) is 23.4. The van der Waals surface area contributed by atoms with Crippen LogP contribution in [-0.2, 0) is 15.9 Å². The summed E-state index contributed by atoms with van der Waals surface area (Å²) >= 11 is 0. The van der Waals surface area contributed by atoms with Crippen molar-refractivity contribution in [1.82, 2.24) is 5.32 Å². The lowest BCUT2D eigenvalue weighted by molar-refractivity contribution is 0.0993. The Hall–Kier alpha value is -2.99. The van der Waals surface area contributed by atoms with E-state index in [4.69, 9.17) is 18.9 Å². The zero-order valence-electron chi connectivity index (χ0n) is 19.8. The van der Waals surface area contributed by atoms with Crippen LogP contribution in [0.25, 0.3) is 11.1 Å². The van der Waals surface area contributed by atoms with E-state index in [1.54, 1.807) is 14.2 Å². The second-order valence-electron chi connectivity index (χ2n) is 8.95. The first-order chi connectivity index (χ1) is 16.0. The van der Waals surface area contributed by atoms with Gasteiger partial charge < -0.3 is 24.3 Å². The summed E-state index contributed by atoms with van der Waals surface area (Å²) in [7, 11) is 3.32. The summed E-state index contributed by atoms with van der Waals surface area (Å²) in [6, 6.07) is 10.1. The number of fused-ring (bicyclic) bond motifs is 1. The van der Waals surface area contributed by atoms with Gasteiger partial charge in [-0.1, -0.05) is 30.3 Å². The van der Waals surface area contributed by atoms with Crippen molar-refractivity contribution in [2.75, 3.05) is 40.6 Å². The molecule has 6 heteroatoms. The zero-order valence-corrected chi connectivity index (χ0v) is 19.8. The number of ketones is 1. The molecule has 0 bridgehead atoms. The predicted octanol–water partition coefficient (Wildman–Crippen LogP) is 4.68. The van der Waals surface area contributed by atoms with Gasteiger partial charge in [-0.15, -0.1) is 0 Å². The maximum absolute atomic E-state index is 12.3. The summed E-state index contributed by atoms with van der Waals surface area (Å²) in [6.45, 7) is 8.24. The van der Waals surface area contributed by atoms with Crippen molar-refractivity contribution in [3.8, 4) is 22.6 Å². The third kappa shape index (κ3) is 5.01. The first-order valence-electron chi connectivity index (χ1n) is 11.5. The van der Waals surface area contributed by atoms with Gasteiger partial charge in [0.25, 0.3) is 0 Å². The molecule has 0 aromatic heterocycles. The van der Waals surface area contributed by atoms with Gasteiger partial charge in [0.05, 0.1) is 20.3 Å². The molecule has 0 aliphatic heterocycles. The van der Waals surface area contributed by atoms with Gasteiger partial charge in [-0.25, -0.2) is 0 Å². The Balaban J connectivity index is 1.53. The van der Waals surface area contributed by atoms with Crippen molar-refractivity contribution in [2.45, 2.75) is 32.6 Å². The van der Waals surface area contributed by atoms with E-state index in [2.05, 4.69) is 24.0 Å². The highest BCUT2D eigenvalue weighted by atomic mass is 16.5. The van der Waals surface area contributed by atoms with Crippen molar-refractivity contribution >= 4 is 5.78 Å². The molecule has 6 nitrogen and oxygen atoms in total. The molecule has 4 rings (SSSR count). The molecule has 0 radical (unpaired) electrons. The van der Waals surface area contributed by atoms with Gasteiger partial charge in [-0.05, 0) is 49.5 Å². The van der Waals surface area contributed by atoms with Crippen LogP contribution in [0, 0.1) is 12.3 Å². The van der Waals surface area contributed by atoms with E-state index in [0.29, 0.717) is 32.1 Å². The molecule has 0 spiro atoms. The molecule has 1 fully saturated rings. The number of Topliss-reactive ketones (excluding diaryl/α,β-unsaturated/α-hetero) is 1. The quantitative estimate of drug-likeness (QED) is 0.373. The molecule has 33 heavy (non-hydrogen) atoms. The first kappa shape index (κ1) is 23.2. The Kier molecular flexibility index (Phi) is 6.94. The fraction of sp³-hybridized carbons (Fsp3) is 0.444. The summed E-state index contributed by atoms with van der Waals surface area (Å²) < 4.78 is 22.8. The van der Waals surface area contributed by atoms with Crippen molar-refractivity contribution in [1.29, 1.82) is 0 Å². The molecule has 0 heterocycles. The van der Waals surface area contributed by atoms with E-state index in [9.17, 15) is 4.79 Å². The fourth-order valence-electron chi connectivity index (χ4n) is 4.37. The third-order valence-electron chi connectivity index (χ3n) is 6.59. The molecular weight excluding hydrogens is 418 g/mol. The molecule has 0 amide bonds. The van der Waals surface area contributed by atoms with Gasteiger partial charge in [0, 0.05) is 36.6 Å². The van der Waals surface area contributed by atoms with E-state index in [1.165, 1.54) is 0 Å². The van der Waals surface area contributed by atoms with Crippen LogP contribution in [0.3, 0.4) is 0 Å². The third-order valence-corrected chi connectivity index (χ3v) is 6.59. The van der Waals surface area contributed by atoms with E-state index in [1.807, 2.05) is 25.1 Å². The monoisotopic (exact) mass is 451 g/mol. The van der Waals surface area contributed by atoms with Crippen molar-refractivity contribution in [3.05, 3.63) is 59.5 Å². The molecule has 2 aliphatic rings. The van der Waals surface area contributed by atoms with Crippen LogP contribution in [0.1, 0.15) is 40.7 Å². The second kappa shape index (κ2) is 9.87. The molecule has 2 aromatic rings. The SMILES string of the molecule is C=C(NCC1(COc2c(-c3cccc4c3CCC4=O)ccc(C)c2OC)CC1)OCCOC. The van der Waals surface area contributed by atoms with E-state index >= 15 is 0 Å². The van der Waals surface area contributed by atoms with E-state index < -0.39 is 0 Å². The maximum atomic E-state index is 12.3. The molecule has 176 valence electrons. The average molecular weight is 452 g/mol. The lowest BCUT2D eigenvalue weighted by atomic mass is 9.95. The number of carbonyl (C=O) groups excluding carboxylic acids is 1. The summed E-state index contributed by atoms with van der Waals surface area (Å²) in [5.41, 5.74) is 5.00. The number of rotatable bonds is 12. The summed E-state index contributed by atoms with van der Waals surface area (Å²) in [5, 5.41) is 3.28. The fourth-order valence-corrected chi connectivity index (χ4v) is 4.37. The van der Waals surface area contributed by atoms with Gasteiger partial charge in [0.1, 0.15) is 6.61 Å². The number of ether oxygens (including phenoxy) is 4. The van der Waals surface area contributed by atoms with Crippen molar-refractivity contribution < 1.29 is 23.7 Å². The van der Waals surface area contributed by atoms with Gasteiger partial charge in [-0.2, -0.15) is 0 Å². The molecule has 1 N–H and O–H groups in total. The lowest BCUT2D eigenvalue weighted by Crippen LogP contribution is -2.29. The Labute approximate surface area is 195 Å². The van der Waals surface area contributed by atoms with Gasteiger partial charge >= 0.3 is 0 Å². The van der Waals surface area contributed by atoms with Gasteiger partial charge in [0.2, 0.25) is 0 Å². The average Bonchev–Trinajstić information content (AvgIpc) is 3.50. The number of methoxy groups -OCH3 is 2. The minimum Gasteiger partial charge on any atom is -0.493 e. The van der Waals surface area contributed by atoms with Crippen LogP contribution >= 0.6 is 0 Å². The number of nitrogens with one attached hydrogen (secondary N) is 1. The summed E-state index contributed by atoms with van der Waals surface area (Å²) in [5.74, 6) is 2.25. The van der Waals surface area contributed by atoms with Crippen molar-refractivity contribution in [3.63, 3.8) is 0 Å². The minimum absolute atomic E-state index is 0.0359. The predicted molar refractivity (Wildman–Crippen MR) is 128 cm³/mol. The topological polar surface area (TPSA) is 66.0 Å². The van der Waals surface area contributed by atoms with Crippen LogP contribution in [0.15, 0.2) is 42.8 Å². The molecule has 2 aliphatic carbocycles. The Bertz CT molecular complexity index is 1040. The van der Waals surface area contributed by atoms with Crippen LogP contribution in [0.4, 0.5) is 0 Å². The first-order valence-corrected chi connectivity index (χ1v) is 11.5. The Morgan fingerprint density at radius 3 is 2.55 bits per heavy atom. The van der Waals surface area contributed by atoms with E-state index in [-0.39, 0.29) is 11.2 Å². The molecular formula is C27H33NO5. The summed E-state index contributed by atoms with van der Waals surface area (Å²) in [4.78, 5) is 12.3. The molecule has 2 aromatic carbocycles. The van der Waals surface area contributed by atoms with Crippen LogP contribution in [-0.4, -0.2) is 46.4 Å². The van der Waals surface area contributed by atoms with Gasteiger partial charge in [-0.3, -0.25) is 4.79 Å². The highest BCUT2D eigenvalue weighted by Crippen LogP contribution is 2.48. The Morgan fingerprint density at radius 1 is 1.03 bits per heavy atom. The number of aryl methyl sites for hydroxylation is 1. The molecule has 1 saturated carbocycles. The molecule has 0 unspecified atom stereocenters. The standard InChI is InChI=1S/C27H33NO5/c1-18-8-9-23(20-6-5-7-22-21(20)10-11-24(22)29)26(25(18)31-4)33-17-27(12-13-27)16-28-19(2)32-15-14-30-3/h5-9,28H,2,10-17H2,1,3-4H3. The van der Waals surface area contributed by atoms with Crippen LogP contribution in [0.5, 0.6) is 11.5 Å². The number of benzene rings is 2. The smallest absolute Gasteiger partial charge is 0.179 e. The largest absolute Gasteiger partial charge is 0.493 e. The van der Waals surface area contributed by atoms with E-state index in [0.717, 1.165) is 65.1 Å². The van der Waals surface area contributed by atoms with Crippen LogP contribution < -0.4 is 14.8 Å². The lowest BCUT2D eigenvalue weighted by Gasteiger charge is -2.23. The second-order valence-corrected chi connectivity index (χ2v) is 8.95. The number of carbonyl (C=O) groups is 1. The number of hydrogen-bond donors (Lipinski definition) is 1. The number of hydrogen-bond acceptors (Lipinski definition) is 6. The highest BCUT2D eigenvalue weighted by molar-refractivity contribution is 6.02. The molecule has 0 saturated heterocycles. The maximum Gasteiger partial charge on any atom is 0.179 e. The molecule has 0 atom stereocenters. The minimum atomic E-state index is 0.0359. The summed E-state index contributed by atoms with van der Waals surface area (Å²) in [6.07, 6.45) is 3.48. The van der Waals surface area contributed by atoms with Crippen LogP contribution in [0.2, 0.25) is 0 Å². The normalized spacial score (nSPS) is 15.7. The van der Waals surface area contributed by atoms with Crippen molar-refractivity contribution in [2.24, 2.45) is 5.41 Å². The highest BCUT2D eigenvalue weighted by Gasteiger charge is 2.44. The van der Waals surface area contributed by atoms with Gasteiger partial charge in [0.15, 0.2) is 23.2 Å². The Morgan fingerprint density at radius 2 is 1.82 bits per heavy atom.